The van der Waals surface area contributed by atoms with Crippen molar-refractivity contribution >= 4 is 11.3 Å². The van der Waals surface area contributed by atoms with Gasteiger partial charge in [0.05, 0.1) is 11.4 Å². The van der Waals surface area contributed by atoms with E-state index in [1.165, 1.54) is 11.3 Å². The number of piperazine rings is 1. The molecule has 0 amide bonds. The molecule has 2 aromatic heterocycles. The second-order valence-electron chi connectivity index (χ2n) is 6.38. The van der Waals surface area contributed by atoms with E-state index in [0.29, 0.717) is 0 Å². The normalized spacial score (nSPS) is 16.2. The minimum absolute atomic E-state index is 0.945. The van der Waals surface area contributed by atoms with Crippen molar-refractivity contribution in [3.8, 4) is 10.6 Å². The highest BCUT2D eigenvalue weighted by Crippen LogP contribution is 2.24. The molecule has 25 heavy (non-hydrogen) atoms. The third-order valence-electron chi connectivity index (χ3n) is 4.53. The van der Waals surface area contributed by atoms with Crippen molar-refractivity contribution in [2.24, 2.45) is 0 Å². The number of rotatable bonds is 5. The lowest BCUT2D eigenvalue weighted by Gasteiger charge is -2.34. The fourth-order valence-electron chi connectivity index (χ4n) is 3.15. The van der Waals surface area contributed by atoms with E-state index in [-0.39, 0.29) is 0 Å². The average molecular weight is 350 g/mol. The van der Waals surface area contributed by atoms with E-state index >= 15 is 0 Å². The largest absolute Gasteiger partial charge is 0.295 e. The van der Waals surface area contributed by atoms with Crippen LogP contribution in [0.1, 0.15) is 11.4 Å². The maximum atomic E-state index is 4.81. The highest BCUT2D eigenvalue weighted by molar-refractivity contribution is 7.13. The molecule has 5 heteroatoms. The SMILES string of the molecule is c1ccc(-c2nc(CN3CCN(Cc4ccccn4)CC3)cs2)cc1. The lowest BCUT2D eigenvalue weighted by atomic mass is 10.2. The van der Waals surface area contributed by atoms with Gasteiger partial charge in [-0.1, -0.05) is 36.4 Å². The topological polar surface area (TPSA) is 32.3 Å². The summed E-state index contributed by atoms with van der Waals surface area (Å²) in [5.74, 6) is 0. The number of thiazole rings is 1. The van der Waals surface area contributed by atoms with Crippen molar-refractivity contribution < 1.29 is 0 Å². The zero-order valence-electron chi connectivity index (χ0n) is 14.2. The van der Waals surface area contributed by atoms with Crippen LogP contribution in [-0.4, -0.2) is 45.9 Å². The van der Waals surface area contributed by atoms with Crippen LogP contribution in [0.5, 0.6) is 0 Å². The number of hydrogen-bond donors (Lipinski definition) is 0. The number of aromatic nitrogens is 2. The standard InChI is InChI=1S/C20H22N4S/c1-2-6-17(7-3-1)20-22-19(16-25-20)15-24-12-10-23(11-13-24)14-18-8-4-5-9-21-18/h1-9,16H,10-15H2. The second kappa shape index (κ2) is 7.87. The number of hydrogen-bond acceptors (Lipinski definition) is 5. The van der Waals surface area contributed by atoms with Crippen molar-refractivity contribution in [3.63, 3.8) is 0 Å². The molecular formula is C20H22N4S. The summed E-state index contributed by atoms with van der Waals surface area (Å²) >= 11 is 1.74. The Bertz CT molecular complexity index is 780. The van der Waals surface area contributed by atoms with Crippen LogP contribution >= 0.6 is 11.3 Å². The average Bonchev–Trinajstić information content (AvgIpc) is 3.14. The molecule has 3 aromatic rings. The molecule has 0 radical (unpaired) electrons. The Morgan fingerprint density at radius 3 is 2.16 bits per heavy atom. The lowest BCUT2D eigenvalue weighted by molar-refractivity contribution is 0.120. The van der Waals surface area contributed by atoms with Gasteiger partial charge in [0, 0.05) is 56.4 Å². The summed E-state index contributed by atoms with van der Waals surface area (Å²) in [5.41, 5.74) is 3.55. The molecule has 1 fully saturated rings. The molecule has 3 heterocycles. The quantitative estimate of drug-likeness (QED) is 0.705. The van der Waals surface area contributed by atoms with Crippen LogP contribution in [0.2, 0.25) is 0 Å². The minimum Gasteiger partial charge on any atom is -0.295 e. The molecule has 1 aromatic carbocycles. The van der Waals surface area contributed by atoms with Crippen molar-refractivity contribution in [3.05, 3.63) is 71.5 Å². The van der Waals surface area contributed by atoms with Gasteiger partial charge in [-0.05, 0) is 12.1 Å². The maximum absolute atomic E-state index is 4.81. The molecular weight excluding hydrogens is 328 g/mol. The molecule has 1 aliphatic heterocycles. The molecule has 1 aliphatic rings. The first-order chi connectivity index (χ1) is 12.4. The first-order valence-corrected chi connectivity index (χ1v) is 9.59. The summed E-state index contributed by atoms with van der Waals surface area (Å²) in [6.45, 7) is 6.25. The van der Waals surface area contributed by atoms with Gasteiger partial charge >= 0.3 is 0 Å². The minimum atomic E-state index is 0.945. The second-order valence-corrected chi connectivity index (χ2v) is 7.24. The van der Waals surface area contributed by atoms with Crippen LogP contribution in [0.25, 0.3) is 10.6 Å². The van der Waals surface area contributed by atoms with Gasteiger partial charge in [-0.15, -0.1) is 11.3 Å². The molecule has 0 spiro atoms. The predicted molar refractivity (Wildman–Crippen MR) is 102 cm³/mol. The van der Waals surface area contributed by atoms with Gasteiger partial charge < -0.3 is 0 Å². The van der Waals surface area contributed by atoms with E-state index in [9.17, 15) is 0 Å². The Morgan fingerprint density at radius 1 is 0.800 bits per heavy atom. The maximum Gasteiger partial charge on any atom is 0.123 e. The summed E-state index contributed by atoms with van der Waals surface area (Å²) in [4.78, 5) is 14.2. The summed E-state index contributed by atoms with van der Waals surface area (Å²) in [7, 11) is 0. The van der Waals surface area contributed by atoms with Crippen molar-refractivity contribution in [2.75, 3.05) is 26.2 Å². The monoisotopic (exact) mass is 350 g/mol. The molecule has 0 N–H and O–H groups in total. The molecule has 0 unspecified atom stereocenters. The Morgan fingerprint density at radius 2 is 1.48 bits per heavy atom. The van der Waals surface area contributed by atoms with Crippen LogP contribution in [-0.2, 0) is 13.1 Å². The molecule has 0 atom stereocenters. The highest BCUT2D eigenvalue weighted by Gasteiger charge is 2.18. The predicted octanol–water partition coefficient (Wildman–Crippen LogP) is 3.52. The smallest absolute Gasteiger partial charge is 0.123 e. The van der Waals surface area contributed by atoms with Crippen LogP contribution in [0.15, 0.2) is 60.1 Å². The van der Waals surface area contributed by atoms with Crippen molar-refractivity contribution in [1.82, 2.24) is 19.8 Å². The van der Waals surface area contributed by atoms with Crippen LogP contribution < -0.4 is 0 Å². The fourth-order valence-corrected chi connectivity index (χ4v) is 3.97. The van der Waals surface area contributed by atoms with Gasteiger partial charge in [0.25, 0.3) is 0 Å². The number of pyridine rings is 1. The van der Waals surface area contributed by atoms with Gasteiger partial charge in [0.2, 0.25) is 0 Å². The summed E-state index contributed by atoms with van der Waals surface area (Å²) in [6.07, 6.45) is 1.87. The summed E-state index contributed by atoms with van der Waals surface area (Å²) in [5, 5.41) is 3.31. The first-order valence-electron chi connectivity index (χ1n) is 8.71. The highest BCUT2D eigenvalue weighted by atomic mass is 32.1. The Kier molecular flexibility index (Phi) is 5.16. The Labute approximate surface area is 152 Å². The zero-order chi connectivity index (χ0) is 16.9. The molecule has 4 nitrogen and oxygen atoms in total. The Hall–Kier alpha value is -2.08. The van der Waals surface area contributed by atoms with E-state index in [2.05, 4.69) is 56.6 Å². The van der Waals surface area contributed by atoms with E-state index in [4.69, 9.17) is 4.98 Å². The van der Waals surface area contributed by atoms with Crippen LogP contribution in [0.4, 0.5) is 0 Å². The van der Waals surface area contributed by atoms with E-state index in [1.807, 2.05) is 18.3 Å². The van der Waals surface area contributed by atoms with E-state index in [0.717, 1.165) is 50.0 Å². The Balaban J connectivity index is 1.30. The first kappa shape index (κ1) is 16.4. The van der Waals surface area contributed by atoms with Gasteiger partial charge in [-0.25, -0.2) is 4.98 Å². The van der Waals surface area contributed by atoms with Crippen LogP contribution in [0.3, 0.4) is 0 Å². The fraction of sp³-hybridized carbons (Fsp3) is 0.300. The van der Waals surface area contributed by atoms with Gasteiger partial charge in [0.1, 0.15) is 5.01 Å². The zero-order valence-corrected chi connectivity index (χ0v) is 15.0. The summed E-state index contributed by atoms with van der Waals surface area (Å²) < 4.78 is 0. The summed E-state index contributed by atoms with van der Waals surface area (Å²) in [6, 6.07) is 16.6. The van der Waals surface area contributed by atoms with Crippen LogP contribution in [0, 0.1) is 0 Å². The number of nitrogens with zero attached hydrogens (tertiary/aromatic N) is 4. The van der Waals surface area contributed by atoms with Gasteiger partial charge in [-0.2, -0.15) is 0 Å². The molecule has 128 valence electrons. The molecule has 0 saturated carbocycles. The van der Waals surface area contributed by atoms with E-state index < -0.39 is 0 Å². The molecule has 0 aliphatic carbocycles. The molecule has 0 bridgehead atoms. The van der Waals surface area contributed by atoms with Crippen molar-refractivity contribution in [2.45, 2.75) is 13.1 Å². The number of benzene rings is 1. The third-order valence-corrected chi connectivity index (χ3v) is 5.47. The molecule has 1 saturated heterocycles. The van der Waals surface area contributed by atoms with Gasteiger partial charge in [0.15, 0.2) is 0 Å². The van der Waals surface area contributed by atoms with E-state index in [1.54, 1.807) is 11.3 Å². The molecule has 4 rings (SSSR count). The van der Waals surface area contributed by atoms with Gasteiger partial charge in [-0.3, -0.25) is 14.8 Å². The van der Waals surface area contributed by atoms with Crippen molar-refractivity contribution in [1.29, 1.82) is 0 Å². The lowest BCUT2D eigenvalue weighted by Crippen LogP contribution is -2.45. The third kappa shape index (κ3) is 4.31.